The standard InChI is InChI=1S/C17H13Cl2N3O4S/c1-7-12-15(27-13(7)17(25)26)20-6-22(16(12)24)8(2)14(23)21-11-5-9(18)3-4-10(11)19/h3-6,8H,1-2H3,(H,21,23)(H,25,26). The molecule has 0 saturated heterocycles. The number of anilines is 1. The molecule has 10 heteroatoms. The first-order chi connectivity index (χ1) is 12.7. The van der Waals surface area contributed by atoms with E-state index in [0.29, 0.717) is 26.1 Å². The zero-order chi connectivity index (χ0) is 19.9. The molecule has 140 valence electrons. The van der Waals surface area contributed by atoms with Crippen LogP contribution in [-0.2, 0) is 4.79 Å². The van der Waals surface area contributed by atoms with Crippen LogP contribution >= 0.6 is 34.5 Å². The van der Waals surface area contributed by atoms with Gasteiger partial charge >= 0.3 is 5.97 Å². The lowest BCUT2D eigenvalue weighted by atomic mass is 10.2. The highest BCUT2D eigenvalue weighted by Gasteiger charge is 2.23. The van der Waals surface area contributed by atoms with E-state index in [1.54, 1.807) is 19.1 Å². The van der Waals surface area contributed by atoms with Crippen molar-refractivity contribution in [3.63, 3.8) is 0 Å². The van der Waals surface area contributed by atoms with Gasteiger partial charge in [-0.2, -0.15) is 0 Å². The maximum Gasteiger partial charge on any atom is 0.346 e. The van der Waals surface area contributed by atoms with E-state index >= 15 is 0 Å². The number of amides is 1. The number of thiophene rings is 1. The van der Waals surface area contributed by atoms with Crippen LogP contribution in [0.1, 0.15) is 28.2 Å². The Kier molecular flexibility index (Phi) is 5.23. The minimum absolute atomic E-state index is 0.0511. The average Bonchev–Trinajstić information content (AvgIpc) is 2.95. The number of carbonyl (C=O) groups is 2. The van der Waals surface area contributed by atoms with Gasteiger partial charge in [0.1, 0.15) is 15.7 Å². The van der Waals surface area contributed by atoms with Gasteiger partial charge in [0.15, 0.2) is 0 Å². The van der Waals surface area contributed by atoms with Gasteiger partial charge in [-0.3, -0.25) is 14.2 Å². The van der Waals surface area contributed by atoms with E-state index in [0.717, 1.165) is 15.9 Å². The molecule has 0 radical (unpaired) electrons. The van der Waals surface area contributed by atoms with E-state index in [9.17, 15) is 19.5 Å². The number of aryl methyl sites for hydroxylation is 1. The minimum atomic E-state index is -1.12. The number of aromatic nitrogens is 2. The Bertz CT molecular complexity index is 1140. The smallest absolute Gasteiger partial charge is 0.346 e. The number of nitrogens with zero attached hydrogens (tertiary/aromatic N) is 2. The number of aromatic carboxylic acids is 1. The molecule has 1 aromatic carbocycles. The van der Waals surface area contributed by atoms with Gasteiger partial charge in [0.25, 0.3) is 5.56 Å². The number of carboxylic acids is 1. The molecule has 1 amide bonds. The number of carbonyl (C=O) groups excluding carboxylic acids is 1. The van der Waals surface area contributed by atoms with Crippen molar-refractivity contribution in [1.82, 2.24) is 9.55 Å². The molecule has 27 heavy (non-hydrogen) atoms. The van der Waals surface area contributed by atoms with Gasteiger partial charge in [-0.25, -0.2) is 9.78 Å². The summed E-state index contributed by atoms with van der Waals surface area (Å²) in [6, 6.07) is 3.73. The third kappa shape index (κ3) is 3.55. The Morgan fingerprint density at radius 3 is 2.70 bits per heavy atom. The molecular formula is C17H13Cl2N3O4S. The van der Waals surface area contributed by atoms with Gasteiger partial charge < -0.3 is 10.4 Å². The van der Waals surface area contributed by atoms with E-state index in [1.165, 1.54) is 19.3 Å². The molecule has 1 atom stereocenters. The van der Waals surface area contributed by atoms with Crippen molar-refractivity contribution in [2.75, 3.05) is 5.32 Å². The van der Waals surface area contributed by atoms with Crippen LogP contribution in [0.3, 0.4) is 0 Å². The minimum Gasteiger partial charge on any atom is -0.477 e. The summed E-state index contributed by atoms with van der Waals surface area (Å²) in [6.07, 6.45) is 1.23. The van der Waals surface area contributed by atoms with Crippen LogP contribution in [0, 0.1) is 6.92 Å². The van der Waals surface area contributed by atoms with Crippen molar-refractivity contribution in [2.45, 2.75) is 19.9 Å². The third-order valence-corrected chi connectivity index (χ3v) is 5.81. The lowest BCUT2D eigenvalue weighted by Gasteiger charge is -2.15. The quantitative estimate of drug-likeness (QED) is 0.658. The Morgan fingerprint density at radius 1 is 1.33 bits per heavy atom. The van der Waals surface area contributed by atoms with E-state index in [2.05, 4.69) is 10.3 Å². The van der Waals surface area contributed by atoms with Crippen LogP contribution in [-0.4, -0.2) is 26.5 Å². The fraction of sp³-hybridized carbons (Fsp3) is 0.176. The van der Waals surface area contributed by atoms with Crippen molar-refractivity contribution in [1.29, 1.82) is 0 Å². The van der Waals surface area contributed by atoms with Crippen molar-refractivity contribution in [3.8, 4) is 0 Å². The topological polar surface area (TPSA) is 101 Å². The number of hydrogen-bond donors (Lipinski definition) is 2. The SMILES string of the molecule is Cc1c(C(=O)O)sc2ncn(C(C)C(=O)Nc3cc(Cl)ccc3Cl)c(=O)c12. The lowest BCUT2D eigenvalue weighted by Crippen LogP contribution is -2.31. The highest BCUT2D eigenvalue weighted by atomic mass is 35.5. The largest absolute Gasteiger partial charge is 0.477 e. The summed E-state index contributed by atoms with van der Waals surface area (Å²) in [5.74, 6) is -1.61. The van der Waals surface area contributed by atoms with Gasteiger partial charge in [0, 0.05) is 5.02 Å². The van der Waals surface area contributed by atoms with Crippen molar-refractivity contribution in [3.05, 3.63) is 55.4 Å². The Hall–Kier alpha value is -2.42. The molecule has 0 aliphatic rings. The molecule has 0 spiro atoms. The number of benzene rings is 1. The van der Waals surface area contributed by atoms with Crippen molar-refractivity contribution in [2.24, 2.45) is 0 Å². The molecule has 0 aliphatic carbocycles. The lowest BCUT2D eigenvalue weighted by molar-refractivity contribution is -0.118. The molecule has 2 heterocycles. The summed E-state index contributed by atoms with van der Waals surface area (Å²) >= 11 is 12.9. The predicted octanol–water partition coefficient (Wildman–Crippen LogP) is 3.97. The Morgan fingerprint density at radius 2 is 2.04 bits per heavy atom. The number of halogens is 2. The summed E-state index contributed by atoms with van der Waals surface area (Å²) in [5, 5.41) is 12.8. The van der Waals surface area contributed by atoms with E-state index in [4.69, 9.17) is 23.2 Å². The van der Waals surface area contributed by atoms with Crippen LogP contribution in [0.2, 0.25) is 10.0 Å². The van der Waals surface area contributed by atoms with E-state index in [1.807, 2.05) is 0 Å². The first kappa shape index (κ1) is 19.3. The molecule has 3 rings (SSSR count). The molecule has 1 unspecified atom stereocenters. The number of fused-ring (bicyclic) bond motifs is 1. The number of carboxylic acid groups (broad SMARTS) is 1. The molecule has 0 fully saturated rings. The monoisotopic (exact) mass is 425 g/mol. The maximum atomic E-state index is 12.8. The van der Waals surface area contributed by atoms with E-state index in [-0.39, 0.29) is 10.3 Å². The van der Waals surface area contributed by atoms with Gasteiger partial charge in [-0.15, -0.1) is 11.3 Å². The average molecular weight is 426 g/mol. The fourth-order valence-corrected chi connectivity index (χ4v) is 3.89. The fourth-order valence-electron chi connectivity index (χ4n) is 2.57. The molecule has 2 aromatic heterocycles. The van der Waals surface area contributed by atoms with Gasteiger partial charge in [0.05, 0.1) is 22.4 Å². The zero-order valence-corrected chi connectivity index (χ0v) is 16.4. The molecule has 0 aliphatic heterocycles. The highest BCUT2D eigenvalue weighted by molar-refractivity contribution is 7.20. The van der Waals surface area contributed by atoms with Gasteiger partial charge in [-0.1, -0.05) is 23.2 Å². The molecule has 2 N–H and O–H groups in total. The number of nitrogens with one attached hydrogen (secondary N) is 1. The summed E-state index contributed by atoms with van der Waals surface area (Å²) in [4.78, 5) is 41.2. The van der Waals surface area contributed by atoms with Crippen molar-refractivity contribution >= 4 is 62.3 Å². The predicted molar refractivity (Wildman–Crippen MR) is 105 cm³/mol. The molecule has 0 bridgehead atoms. The van der Waals surface area contributed by atoms with Gasteiger partial charge in [-0.05, 0) is 37.6 Å². The van der Waals surface area contributed by atoms with Crippen LogP contribution in [0.5, 0.6) is 0 Å². The zero-order valence-electron chi connectivity index (χ0n) is 14.1. The second-order valence-electron chi connectivity index (χ2n) is 5.79. The summed E-state index contributed by atoms with van der Waals surface area (Å²) in [6.45, 7) is 3.08. The second-order valence-corrected chi connectivity index (χ2v) is 7.63. The molecular weight excluding hydrogens is 413 g/mol. The maximum absolute atomic E-state index is 12.8. The second kappa shape index (κ2) is 7.30. The van der Waals surface area contributed by atoms with Gasteiger partial charge in [0.2, 0.25) is 5.91 Å². The van der Waals surface area contributed by atoms with Crippen LogP contribution in [0.15, 0.2) is 29.3 Å². The first-order valence-electron chi connectivity index (χ1n) is 7.70. The number of rotatable bonds is 4. The summed E-state index contributed by atoms with van der Waals surface area (Å²) in [7, 11) is 0. The Labute approximate surface area is 167 Å². The normalized spacial score (nSPS) is 12.1. The third-order valence-electron chi connectivity index (χ3n) is 4.05. The van der Waals surface area contributed by atoms with Crippen LogP contribution < -0.4 is 10.9 Å². The molecule has 7 nitrogen and oxygen atoms in total. The molecule has 3 aromatic rings. The van der Waals surface area contributed by atoms with Crippen molar-refractivity contribution < 1.29 is 14.7 Å². The summed E-state index contributed by atoms with van der Waals surface area (Å²) in [5.41, 5.74) is 0.170. The van der Waals surface area contributed by atoms with Crippen LogP contribution in [0.4, 0.5) is 5.69 Å². The first-order valence-corrected chi connectivity index (χ1v) is 9.27. The Balaban J connectivity index is 1.99. The summed E-state index contributed by atoms with van der Waals surface area (Å²) < 4.78 is 1.15. The molecule has 0 saturated carbocycles. The highest BCUT2D eigenvalue weighted by Crippen LogP contribution is 2.28. The van der Waals surface area contributed by atoms with Crippen LogP contribution in [0.25, 0.3) is 10.2 Å². The number of hydrogen-bond acceptors (Lipinski definition) is 5. The van der Waals surface area contributed by atoms with E-state index < -0.39 is 23.5 Å².